The van der Waals surface area contributed by atoms with Crippen molar-refractivity contribution < 1.29 is 19.0 Å². The van der Waals surface area contributed by atoms with E-state index in [0.717, 1.165) is 5.56 Å². The highest BCUT2D eigenvalue weighted by Crippen LogP contribution is 2.43. The molecule has 0 amide bonds. The third-order valence-electron chi connectivity index (χ3n) is 5.14. The van der Waals surface area contributed by atoms with Crippen molar-refractivity contribution in [2.24, 2.45) is 0 Å². The maximum absolute atomic E-state index is 13.0. The van der Waals surface area contributed by atoms with Crippen LogP contribution in [0, 0.1) is 0 Å². The number of halogens is 2. The topological polar surface area (TPSA) is 100 Å². The van der Waals surface area contributed by atoms with Gasteiger partial charge in [0.05, 0.1) is 23.3 Å². The highest BCUT2D eigenvalue weighted by molar-refractivity contribution is 9.10. The van der Waals surface area contributed by atoms with Crippen molar-refractivity contribution in [3.8, 4) is 11.5 Å². The smallest absolute Gasteiger partial charge is 0.338 e. The van der Waals surface area contributed by atoms with Crippen LogP contribution in [0.15, 0.2) is 52.1 Å². The van der Waals surface area contributed by atoms with Crippen LogP contribution in [0.1, 0.15) is 37.9 Å². The van der Waals surface area contributed by atoms with Crippen LogP contribution in [-0.4, -0.2) is 39.4 Å². The van der Waals surface area contributed by atoms with Crippen LogP contribution in [0.5, 0.6) is 11.5 Å². The minimum atomic E-state index is -0.631. The molecule has 0 bridgehead atoms. The molecular formula is C23H23BrClN5O4. The molecule has 1 unspecified atom stereocenters. The van der Waals surface area contributed by atoms with Crippen LogP contribution >= 0.6 is 27.5 Å². The maximum Gasteiger partial charge on any atom is 0.338 e. The lowest BCUT2D eigenvalue weighted by Gasteiger charge is -2.28. The summed E-state index contributed by atoms with van der Waals surface area (Å²) >= 11 is 9.57. The predicted octanol–water partition coefficient (Wildman–Crippen LogP) is 4.92. The third-order valence-corrected chi connectivity index (χ3v) is 5.98. The number of methoxy groups -OCH3 is 1. The van der Waals surface area contributed by atoms with Crippen molar-refractivity contribution in [3.63, 3.8) is 0 Å². The summed E-state index contributed by atoms with van der Waals surface area (Å²) in [6.07, 6.45) is -0.284. The van der Waals surface area contributed by atoms with Crippen LogP contribution < -0.4 is 14.8 Å². The average Bonchev–Trinajstić information content (AvgIpc) is 3.25. The van der Waals surface area contributed by atoms with Crippen LogP contribution in [0.4, 0.5) is 5.95 Å². The molecule has 1 aliphatic heterocycles. The summed E-state index contributed by atoms with van der Waals surface area (Å²) in [5.41, 5.74) is 2.68. The molecule has 1 aromatic heterocycles. The van der Waals surface area contributed by atoms with Gasteiger partial charge in [0.25, 0.3) is 0 Å². The number of tetrazole rings is 1. The van der Waals surface area contributed by atoms with E-state index in [0.29, 0.717) is 50.4 Å². The van der Waals surface area contributed by atoms with E-state index in [1.807, 2.05) is 30.3 Å². The van der Waals surface area contributed by atoms with Gasteiger partial charge in [0.15, 0.2) is 11.5 Å². The Morgan fingerprint density at radius 1 is 1.26 bits per heavy atom. The molecule has 9 nitrogen and oxygen atoms in total. The summed E-state index contributed by atoms with van der Waals surface area (Å²) < 4.78 is 19.4. The normalized spacial score (nSPS) is 15.1. The molecular weight excluding hydrogens is 526 g/mol. The zero-order valence-electron chi connectivity index (χ0n) is 19.0. The number of nitrogens with one attached hydrogen (secondary N) is 1. The number of fused-ring (bicyclic) bond motifs is 1. The number of rotatable bonds is 7. The van der Waals surface area contributed by atoms with Gasteiger partial charge in [0.2, 0.25) is 5.95 Å². The van der Waals surface area contributed by atoms with Crippen LogP contribution in [-0.2, 0) is 16.1 Å². The Bertz CT molecular complexity index is 1240. The fourth-order valence-corrected chi connectivity index (χ4v) is 4.34. The van der Waals surface area contributed by atoms with Gasteiger partial charge in [-0.25, -0.2) is 4.79 Å². The molecule has 1 atom stereocenters. The molecule has 3 aromatic rings. The van der Waals surface area contributed by atoms with Gasteiger partial charge in [-0.1, -0.05) is 28.8 Å². The quantitative estimate of drug-likeness (QED) is 0.416. The predicted molar refractivity (Wildman–Crippen MR) is 130 cm³/mol. The second-order valence-corrected chi connectivity index (χ2v) is 9.21. The lowest BCUT2D eigenvalue weighted by molar-refractivity contribution is -0.143. The molecule has 2 heterocycles. The third kappa shape index (κ3) is 4.88. The van der Waals surface area contributed by atoms with E-state index in [1.54, 1.807) is 38.6 Å². The second kappa shape index (κ2) is 10.0. The van der Waals surface area contributed by atoms with E-state index in [2.05, 4.69) is 36.8 Å². The van der Waals surface area contributed by atoms with E-state index >= 15 is 0 Å². The number of esters is 1. The Morgan fingerprint density at radius 2 is 2.00 bits per heavy atom. The van der Waals surface area contributed by atoms with Crippen molar-refractivity contribution in [2.75, 3.05) is 12.4 Å². The van der Waals surface area contributed by atoms with Gasteiger partial charge in [0.1, 0.15) is 12.6 Å². The maximum atomic E-state index is 13.0. The average molecular weight is 549 g/mol. The monoisotopic (exact) mass is 547 g/mol. The lowest BCUT2D eigenvalue weighted by Crippen LogP contribution is -2.30. The van der Waals surface area contributed by atoms with Crippen molar-refractivity contribution in [2.45, 2.75) is 39.5 Å². The molecule has 178 valence electrons. The van der Waals surface area contributed by atoms with Crippen LogP contribution in [0.3, 0.4) is 0 Å². The standard InChI is InChI=1S/C23H23BrClN5O4/c1-12(2)34-22(31)19-13(3)26-23-27-28-29-30(23)20(19)15-9-17(24)21(18(10-15)32-4)33-11-14-5-7-16(25)8-6-14/h5-10,12,20H,11H2,1-4H3,(H,26,27,29). The first kappa shape index (κ1) is 24.0. The highest BCUT2D eigenvalue weighted by atomic mass is 79.9. The second-order valence-electron chi connectivity index (χ2n) is 7.92. The highest BCUT2D eigenvalue weighted by Gasteiger charge is 2.36. The molecule has 0 saturated carbocycles. The summed E-state index contributed by atoms with van der Waals surface area (Å²) in [7, 11) is 1.56. The number of hydrogen-bond donors (Lipinski definition) is 1. The Morgan fingerprint density at radius 3 is 2.68 bits per heavy atom. The van der Waals surface area contributed by atoms with Crippen molar-refractivity contribution in [1.82, 2.24) is 20.2 Å². The minimum Gasteiger partial charge on any atom is -0.493 e. The molecule has 1 aliphatic rings. The number of carbonyl (C=O) groups excluding carboxylic acids is 1. The lowest BCUT2D eigenvalue weighted by atomic mass is 9.95. The Balaban J connectivity index is 1.72. The zero-order valence-corrected chi connectivity index (χ0v) is 21.3. The van der Waals surface area contributed by atoms with Crippen molar-refractivity contribution in [1.29, 1.82) is 0 Å². The number of nitrogens with zero attached hydrogens (tertiary/aromatic N) is 4. The van der Waals surface area contributed by atoms with Gasteiger partial charge >= 0.3 is 5.97 Å². The molecule has 4 rings (SSSR count). The molecule has 0 radical (unpaired) electrons. The fraction of sp³-hybridized carbons (Fsp3) is 0.304. The van der Waals surface area contributed by atoms with E-state index < -0.39 is 12.0 Å². The number of allylic oxidation sites excluding steroid dienone is 1. The number of carbonyl (C=O) groups is 1. The molecule has 1 N–H and O–H groups in total. The van der Waals surface area contributed by atoms with Crippen LogP contribution in [0.2, 0.25) is 5.02 Å². The van der Waals surface area contributed by atoms with Gasteiger partial charge in [0, 0.05) is 10.7 Å². The number of anilines is 1. The number of ether oxygens (including phenoxy) is 3. The largest absolute Gasteiger partial charge is 0.493 e. The number of aromatic nitrogens is 4. The van der Waals surface area contributed by atoms with Gasteiger partial charge in [-0.05, 0) is 82.5 Å². The first-order chi connectivity index (χ1) is 16.3. The van der Waals surface area contributed by atoms with Crippen molar-refractivity contribution in [3.05, 3.63) is 68.3 Å². The van der Waals surface area contributed by atoms with Gasteiger partial charge in [-0.3, -0.25) is 0 Å². The molecule has 0 fully saturated rings. The zero-order chi connectivity index (χ0) is 24.4. The Hall–Kier alpha value is -3.11. The SMILES string of the molecule is COc1cc(C2C(C(=O)OC(C)C)=C(C)Nc3nnnn32)cc(Br)c1OCc1ccc(Cl)cc1. The molecule has 0 saturated heterocycles. The summed E-state index contributed by atoms with van der Waals surface area (Å²) in [4.78, 5) is 13.0. The summed E-state index contributed by atoms with van der Waals surface area (Å²) in [5.74, 6) is 0.978. The van der Waals surface area contributed by atoms with E-state index in [1.165, 1.54) is 0 Å². The van der Waals surface area contributed by atoms with E-state index in [4.69, 9.17) is 25.8 Å². The molecule has 2 aromatic carbocycles. The fourth-order valence-electron chi connectivity index (χ4n) is 3.64. The van der Waals surface area contributed by atoms with Crippen LogP contribution in [0.25, 0.3) is 0 Å². The molecule has 34 heavy (non-hydrogen) atoms. The van der Waals surface area contributed by atoms with Crippen molar-refractivity contribution >= 4 is 39.4 Å². The molecule has 11 heteroatoms. The molecule has 0 spiro atoms. The summed E-state index contributed by atoms with van der Waals surface area (Å²) in [5, 5.41) is 15.6. The summed E-state index contributed by atoms with van der Waals surface area (Å²) in [6.45, 7) is 5.71. The first-order valence-corrected chi connectivity index (χ1v) is 11.7. The summed E-state index contributed by atoms with van der Waals surface area (Å²) in [6, 6.07) is 10.4. The Labute approximate surface area is 210 Å². The van der Waals surface area contributed by atoms with Gasteiger partial charge < -0.3 is 19.5 Å². The van der Waals surface area contributed by atoms with Gasteiger partial charge in [-0.15, -0.1) is 0 Å². The van der Waals surface area contributed by atoms with E-state index in [9.17, 15) is 4.79 Å². The Kier molecular flexibility index (Phi) is 7.08. The van der Waals surface area contributed by atoms with Gasteiger partial charge in [-0.2, -0.15) is 4.68 Å². The minimum absolute atomic E-state index is 0.284. The number of hydrogen-bond acceptors (Lipinski definition) is 8. The number of benzene rings is 2. The van der Waals surface area contributed by atoms with E-state index in [-0.39, 0.29) is 6.10 Å². The first-order valence-electron chi connectivity index (χ1n) is 10.5. The molecule has 0 aliphatic carbocycles.